The molecule has 0 unspecified atom stereocenters. The van der Waals surface area contributed by atoms with Crippen molar-refractivity contribution in [2.45, 2.75) is 33.4 Å². The maximum atomic E-state index is 13.6. The smallest absolute Gasteiger partial charge is 0.255 e. The van der Waals surface area contributed by atoms with Gasteiger partial charge in [0.15, 0.2) is 0 Å². The molecule has 3 aromatic carbocycles. The number of rotatable bonds is 6. The van der Waals surface area contributed by atoms with E-state index in [2.05, 4.69) is 51.9 Å². The maximum Gasteiger partial charge on any atom is 0.255 e. The number of ether oxygens (including phenoxy) is 1. The molecular weight excluding hydrogens is 438 g/mol. The fraction of sp³-hybridized carbons (Fsp3) is 0.179. The van der Waals surface area contributed by atoms with Crippen LogP contribution in [0.4, 0.5) is 11.6 Å². The lowest BCUT2D eigenvalue weighted by Gasteiger charge is -2.29. The highest BCUT2D eigenvalue weighted by molar-refractivity contribution is 6.06. The summed E-state index contributed by atoms with van der Waals surface area (Å²) in [5.41, 5.74) is 6.26. The molecule has 1 atom stereocenters. The molecule has 35 heavy (non-hydrogen) atoms. The molecule has 0 bridgehead atoms. The third-order valence-corrected chi connectivity index (χ3v) is 6.13. The molecule has 176 valence electrons. The first kappa shape index (κ1) is 22.4. The van der Waals surface area contributed by atoms with Gasteiger partial charge in [0.05, 0.1) is 5.57 Å². The van der Waals surface area contributed by atoms with Crippen LogP contribution >= 0.6 is 0 Å². The number of allylic oxidation sites excluding steroid dienone is 1. The van der Waals surface area contributed by atoms with Gasteiger partial charge in [-0.1, -0.05) is 60.2 Å². The van der Waals surface area contributed by atoms with Crippen molar-refractivity contribution in [1.29, 1.82) is 0 Å². The fourth-order valence-electron chi connectivity index (χ4n) is 4.22. The number of fused-ring (bicyclic) bond motifs is 1. The first-order valence-electron chi connectivity index (χ1n) is 11.5. The summed E-state index contributed by atoms with van der Waals surface area (Å²) in [6.07, 6.45) is 1.49. The number of aryl methyl sites for hydroxylation is 2. The van der Waals surface area contributed by atoms with E-state index in [4.69, 9.17) is 4.74 Å². The van der Waals surface area contributed by atoms with Crippen LogP contribution in [-0.4, -0.2) is 20.7 Å². The van der Waals surface area contributed by atoms with E-state index in [1.807, 2.05) is 62.4 Å². The van der Waals surface area contributed by atoms with Gasteiger partial charge in [0.1, 0.15) is 24.7 Å². The largest absolute Gasteiger partial charge is 0.489 e. The average Bonchev–Trinajstić information content (AvgIpc) is 3.32. The van der Waals surface area contributed by atoms with E-state index >= 15 is 0 Å². The number of aromatic nitrogens is 3. The van der Waals surface area contributed by atoms with Gasteiger partial charge in [0.2, 0.25) is 5.95 Å². The van der Waals surface area contributed by atoms with E-state index in [0.717, 1.165) is 33.8 Å². The summed E-state index contributed by atoms with van der Waals surface area (Å²) in [4.78, 5) is 17.9. The Morgan fingerprint density at radius 2 is 1.83 bits per heavy atom. The number of carbonyl (C=O) groups excluding carboxylic acids is 1. The van der Waals surface area contributed by atoms with Crippen LogP contribution in [0.2, 0.25) is 0 Å². The molecule has 0 spiro atoms. The highest BCUT2D eigenvalue weighted by Gasteiger charge is 2.33. The Bertz CT molecular complexity index is 1400. The van der Waals surface area contributed by atoms with Gasteiger partial charge in [-0.25, -0.2) is 4.68 Å². The molecule has 0 saturated heterocycles. The Morgan fingerprint density at radius 1 is 1.03 bits per heavy atom. The Morgan fingerprint density at radius 3 is 2.63 bits per heavy atom. The van der Waals surface area contributed by atoms with E-state index < -0.39 is 6.04 Å². The summed E-state index contributed by atoms with van der Waals surface area (Å²) < 4.78 is 7.82. The standard InChI is InChI=1S/C28H27N5O2/c1-18-11-13-21(14-12-18)16-35-23-9-6-8-22(15-23)26-25(20(3)31-28-29-17-30-33(26)28)27(34)32-24-10-5-4-7-19(24)2/h4-15,17,26H,16H2,1-3H3,(H,32,34)(H,29,30,31)/t26-/m0/s1. The van der Waals surface area contributed by atoms with Crippen LogP contribution in [0.3, 0.4) is 0 Å². The number of benzene rings is 3. The molecule has 5 rings (SSSR count). The lowest BCUT2D eigenvalue weighted by Crippen LogP contribution is -2.31. The molecule has 0 fully saturated rings. The van der Waals surface area contributed by atoms with E-state index in [1.165, 1.54) is 11.9 Å². The molecule has 0 aliphatic carbocycles. The molecule has 2 N–H and O–H groups in total. The molecule has 0 saturated carbocycles. The van der Waals surface area contributed by atoms with Crippen molar-refractivity contribution in [2.24, 2.45) is 0 Å². The maximum absolute atomic E-state index is 13.6. The predicted octanol–water partition coefficient (Wildman–Crippen LogP) is 5.40. The Labute approximate surface area is 204 Å². The van der Waals surface area contributed by atoms with Gasteiger partial charge in [-0.2, -0.15) is 10.1 Å². The summed E-state index contributed by atoms with van der Waals surface area (Å²) in [5.74, 6) is 1.12. The first-order chi connectivity index (χ1) is 17.0. The van der Waals surface area contributed by atoms with Crippen LogP contribution in [0.1, 0.15) is 35.2 Å². The van der Waals surface area contributed by atoms with Crippen molar-refractivity contribution in [3.8, 4) is 5.75 Å². The van der Waals surface area contributed by atoms with Gasteiger partial charge in [0.25, 0.3) is 5.91 Å². The van der Waals surface area contributed by atoms with Crippen LogP contribution < -0.4 is 15.4 Å². The van der Waals surface area contributed by atoms with Gasteiger partial charge in [-0.15, -0.1) is 0 Å². The van der Waals surface area contributed by atoms with E-state index in [9.17, 15) is 4.79 Å². The van der Waals surface area contributed by atoms with Crippen LogP contribution in [0.5, 0.6) is 5.75 Å². The highest BCUT2D eigenvalue weighted by atomic mass is 16.5. The Balaban J connectivity index is 1.46. The molecule has 1 aromatic heterocycles. The summed E-state index contributed by atoms with van der Waals surface area (Å²) in [6, 6.07) is 23.3. The minimum Gasteiger partial charge on any atom is -0.489 e. The zero-order chi connectivity index (χ0) is 24.4. The molecule has 7 heteroatoms. The molecular formula is C28H27N5O2. The molecule has 4 aromatic rings. The van der Waals surface area contributed by atoms with Crippen molar-refractivity contribution in [3.05, 3.63) is 113 Å². The number of hydrogen-bond donors (Lipinski definition) is 2. The number of carbonyl (C=O) groups is 1. The number of anilines is 2. The van der Waals surface area contributed by atoms with E-state index in [1.54, 1.807) is 4.68 Å². The van der Waals surface area contributed by atoms with Gasteiger partial charge >= 0.3 is 0 Å². The molecule has 1 aliphatic heterocycles. The number of para-hydroxylation sites is 1. The van der Waals surface area contributed by atoms with Crippen LogP contribution in [0, 0.1) is 13.8 Å². The average molecular weight is 466 g/mol. The van der Waals surface area contributed by atoms with Gasteiger partial charge < -0.3 is 15.4 Å². The topological polar surface area (TPSA) is 81.1 Å². The number of nitrogens with zero attached hydrogens (tertiary/aromatic N) is 3. The molecule has 7 nitrogen and oxygen atoms in total. The molecule has 1 aliphatic rings. The van der Waals surface area contributed by atoms with Crippen molar-refractivity contribution in [3.63, 3.8) is 0 Å². The number of amides is 1. The summed E-state index contributed by atoms with van der Waals surface area (Å²) in [5, 5.41) is 10.7. The van der Waals surface area contributed by atoms with Crippen LogP contribution in [0.25, 0.3) is 0 Å². The molecule has 0 radical (unpaired) electrons. The second-order valence-electron chi connectivity index (χ2n) is 8.71. The minimum atomic E-state index is -0.458. The van der Waals surface area contributed by atoms with E-state index in [-0.39, 0.29) is 5.91 Å². The zero-order valence-electron chi connectivity index (χ0n) is 19.9. The number of nitrogens with one attached hydrogen (secondary N) is 2. The van der Waals surface area contributed by atoms with Crippen LogP contribution in [-0.2, 0) is 11.4 Å². The SMILES string of the molecule is CC1=C(C(=O)Nc2ccccc2C)[C@H](c2cccc(OCc3ccc(C)cc3)c2)n2ncnc2N1. The second kappa shape index (κ2) is 9.46. The summed E-state index contributed by atoms with van der Waals surface area (Å²) in [6.45, 7) is 6.38. The monoisotopic (exact) mass is 465 g/mol. The van der Waals surface area contributed by atoms with E-state index in [0.29, 0.717) is 18.1 Å². The van der Waals surface area contributed by atoms with Crippen molar-refractivity contribution in [1.82, 2.24) is 14.8 Å². The third-order valence-electron chi connectivity index (χ3n) is 6.13. The van der Waals surface area contributed by atoms with Crippen LogP contribution in [0.15, 0.2) is 90.4 Å². The summed E-state index contributed by atoms with van der Waals surface area (Å²) >= 11 is 0. The zero-order valence-corrected chi connectivity index (χ0v) is 19.9. The lowest BCUT2D eigenvalue weighted by molar-refractivity contribution is -0.113. The number of hydrogen-bond acceptors (Lipinski definition) is 5. The molecule has 1 amide bonds. The Hall–Kier alpha value is -4.39. The van der Waals surface area contributed by atoms with Crippen molar-refractivity contribution in [2.75, 3.05) is 10.6 Å². The third kappa shape index (κ3) is 4.66. The van der Waals surface area contributed by atoms with Crippen molar-refractivity contribution >= 4 is 17.5 Å². The Kier molecular flexibility index (Phi) is 6.06. The normalized spacial score (nSPS) is 14.8. The quantitative estimate of drug-likeness (QED) is 0.398. The lowest BCUT2D eigenvalue weighted by atomic mass is 9.94. The predicted molar refractivity (Wildman–Crippen MR) is 136 cm³/mol. The minimum absolute atomic E-state index is 0.193. The first-order valence-corrected chi connectivity index (χ1v) is 11.5. The molecule has 2 heterocycles. The van der Waals surface area contributed by atoms with Crippen molar-refractivity contribution < 1.29 is 9.53 Å². The van der Waals surface area contributed by atoms with Gasteiger partial charge in [0, 0.05) is 11.4 Å². The van der Waals surface area contributed by atoms with Gasteiger partial charge in [-0.05, 0) is 55.7 Å². The fourth-order valence-corrected chi connectivity index (χ4v) is 4.22. The second-order valence-corrected chi connectivity index (χ2v) is 8.71. The van der Waals surface area contributed by atoms with Gasteiger partial charge in [-0.3, -0.25) is 4.79 Å². The summed E-state index contributed by atoms with van der Waals surface area (Å²) in [7, 11) is 0. The highest BCUT2D eigenvalue weighted by Crippen LogP contribution is 2.36.